The van der Waals surface area contributed by atoms with Gasteiger partial charge in [0.2, 0.25) is 0 Å². The molecule has 23 heavy (non-hydrogen) atoms. The Kier molecular flexibility index (Phi) is 4.32. The van der Waals surface area contributed by atoms with Gasteiger partial charge in [-0.1, -0.05) is 0 Å². The fourth-order valence-electron chi connectivity index (χ4n) is 3.23. The number of fused-ring (bicyclic) bond motifs is 1. The number of hydrogen-bond donors (Lipinski definition) is 1. The molecular weight excluding hydrogens is 294 g/mol. The number of aromatic nitrogens is 3. The molecule has 1 aliphatic rings. The summed E-state index contributed by atoms with van der Waals surface area (Å²) in [5, 5.41) is 3.28. The Morgan fingerprint density at radius 2 is 1.96 bits per heavy atom. The van der Waals surface area contributed by atoms with Gasteiger partial charge in [0.1, 0.15) is 0 Å². The van der Waals surface area contributed by atoms with Gasteiger partial charge in [-0.2, -0.15) is 0 Å². The van der Waals surface area contributed by atoms with Crippen LogP contribution in [0.25, 0.3) is 11.2 Å². The first-order chi connectivity index (χ1) is 11.0. The average Bonchev–Trinajstić information content (AvgIpc) is 2.54. The maximum absolute atomic E-state index is 12.5. The Hall–Kier alpha value is -1.99. The number of pyridine rings is 1. The lowest BCUT2D eigenvalue weighted by molar-refractivity contribution is 0.364. The lowest BCUT2D eigenvalue weighted by Gasteiger charge is -2.26. The van der Waals surface area contributed by atoms with E-state index in [0.717, 1.165) is 38.0 Å². The van der Waals surface area contributed by atoms with E-state index in [2.05, 4.69) is 10.3 Å². The van der Waals surface area contributed by atoms with E-state index in [9.17, 15) is 9.59 Å². The summed E-state index contributed by atoms with van der Waals surface area (Å²) >= 11 is 0. The summed E-state index contributed by atoms with van der Waals surface area (Å²) in [5.41, 5.74) is 1.38. The zero-order chi connectivity index (χ0) is 16.6. The van der Waals surface area contributed by atoms with Crippen molar-refractivity contribution in [3.05, 3.63) is 38.5 Å². The highest BCUT2D eigenvalue weighted by Crippen LogP contribution is 2.21. The van der Waals surface area contributed by atoms with E-state index in [-0.39, 0.29) is 6.04 Å². The third-order valence-corrected chi connectivity index (χ3v) is 4.37. The van der Waals surface area contributed by atoms with Crippen LogP contribution in [0.1, 0.15) is 24.4 Å². The average molecular weight is 317 g/mol. The molecule has 1 saturated heterocycles. The molecule has 0 spiro atoms. The van der Waals surface area contributed by atoms with E-state index in [4.69, 9.17) is 0 Å². The summed E-state index contributed by atoms with van der Waals surface area (Å²) in [4.78, 5) is 31.5. The summed E-state index contributed by atoms with van der Waals surface area (Å²) in [5.74, 6) is 0. The van der Waals surface area contributed by atoms with Crippen LogP contribution in [0.2, 0.25) is 0 Å². The van der Waals surface area contributed by atoms with Gasteiger partial charge in [0.15, 0.2) is 5.65 Å². The molecule has 3 rings (SSSR count). The normalized spacial score (nSPS) is 16.3. The third kappa shape index (κ3) is 2.94. The van der Waals surface area contributed by atoms with Crippen molar-refractivity contribution in [3.63, 3.8) is 0 Å². The topological polar surface area (TPSA) is 72.2 Å². The zero-order valence-corrected chi connectivity index (χ0v) is 13.9. The van der Waals surface area contributed by atoms with Gasteiger partial charge in [-0.3, -0.25) is 14.2 Å². The van der Waals surface area contributed by atoms with Crippen molar-refractivity contribution in [1.29, 1.82) is 0 Å². The molecule has 0 saturated carbocycles. The number of nitrogens with one attached hydrogen (secondary N) is 1. The molecule has 0 aliphatic carbocycles. The first-order valence-electron chi connectivity index (χ1n) is 7.94. The van der Waals surface area contributed by atoms with Gasteiger partial charge in [-0.15, -0.1) is 0 Å². The van der Waals surface area contributed by atoms with Crippen molar-refractivity contribution in [2.75, 3.05) is 27.2 Å². The van der Waals surface area contributed by atoms with Crippen LogP contribution in [0.4, 0.5) is 0 Å². The molecule has 1 aliphatic heterocycles. The van der Waals surface area contributed by atoms with Gasteiger partial charge >= 0.3 is 11.1 Å². The maximum atomic E-state index is 12.5. The van der Waals surface area contributed by atoms with E-state index in [1.54, 1.807) is 17.8 Å². The second-order valence-corrected chi connectivity index (χ2v) is 6.44. The smallest absolute Gasteiger partial charge is 0.317 e. The highest BCUT2D eigenvalue weighted by Gasteiger charge is 2.21. The number of hydrogen-bond acceptors (Lipinski definition) is 5. The van der Waals surface area contributed by atoms with Crippen molar-refractivity contribution in [3.8, 4) is 0 Å². The molecule has 1 fully saturated rings. The van der Waals surface area contributed by atoms with Crippen LogP contribution >= 0.6 is 0 Å². The number of rotatable bonds is 3. The predicted molar refractivity (Wildman–Crippen MR) is 89.8 cm³/mol. The minimum Gasteiger partial charge on any atom is -0.317 e. The molecule has 124 valence electrons. The monoisotopic (exact) mass is 317 g/mol. The standard InChI is InChI=1S/C16H23N5O2/c1-19(2)10-11-8-13-14(18-9-11)21(12-4-6-17-7-5-12)16(23)15(22)20(13)3/h8-9,12,17H,4-7,10H2,1-3H3. The first-order valence-corrected chi connectivity index (χ1v) is 7.94. The maximum Gasteiger partial charge on any atom is 0.318 e. The molecule has 0 bridgehead atoms. The minimum absolute atomic E-state index is 0.0346. The number of nitrogens with zero attached hydrogens (tertiary/aromatic N) is 4. The van der Waals surface area contributed by atoms with Gasteiger partial charge in [0, 0.05) is 25.8 Å². The number of aryl methyl sites for hydroxylation is 1. The lowest BCUT2D eigenvalue weighted by Crippen LogP contribution is -2.44. The molecule has 3 heterocycles. The van der Waals surface area contributed by atoms with E-state index in [1.807, 2.05) is 25.1 Å². The summed E-state index contributed by atoms with van der Waals surface area (Å²) in [6.45, 7) is 2.45. The SMILES string of the molecule is CN(C)Cc1cnc2c(c1)n(C)c(=O)c(=O)n2C1CCNCC1. The highest BCUT2D eigenvalue weighted by molar-refractivity contribution is 5.71. The second kappa shape index (κ2) is 6.25. The van der Waals surface area contributed by atoms with Crippen LogP contribution in [0.5, 0.6) is 0 Å². The van der Waals surface area contributed by atoms with E-state index in [1.165, 1.54) is 4.57 Å². The van der Waals surface area contributed by atoms with Crippen molar-refractivity contribution in [2.24, 2.45) is 7.05 Å². The highest BCUT2D eigenvalue weighted by atomic mass is 16.2. The third-order valence-electron chi connectivity index (χ3n) is 4.37. The molecule has 0 amide bonds. The summed E-state index contributed by atoms with van der Waals surface area (Å²) in [7, 11) is 5.61. The summed E-state index contributed by atoms with van der Waals surface area (Å²) < 4.78 is 3.03. The Labute approximate surface area is 134 Å². The molecule has 0 unspecified atom stereocenters. The Morgan fingerprint density at radius 1 is 1.26 bits per heavy atom. The molecular formula is C16H23N5O2. The summed E-state index contributed by atoms with van der Waals surface area (Å²) in [6.07, 6.45) is 3.47. The Bertz CT molecular complexity index is 831. The predicted octanol–water partition coefficient (Wildman–Crippen LogP) is 0.0813. The van der Waals surface area contributed by atoms with Crippen molar-refractivity contribution in [1.82, 2.24) is 24.3 Å². The zero-order valence-electron chi connectivity index (χ0n) is 13.9. The van der Waals surface area contributed by atoms with Gasteiger partial charge in [-0.05, 0) is 51.7 Å². The first kappa shape index (κ1) is 15.9. The van der Waals surface area contributed by atoms with Crippen LogP contribution in [-0.4, -0.2) is 46.2 Å². The van der Waals surface area contributed by atoms with Gasteiger partial charge in [0.05, 0.1) is 5.52 Å². The van der Waals surface area contributed by atoms with Crippen LogP contribution < -0.4 is 16.4 Å². The fourth-order valence-corrected chi connectivity index (χ4v) is 3.23. The quantitative estimate of drug-likeness (QED) is 0.812. The van der Waals surface area contributed by atoms with Crippen LogP contribution in [0, 0.1) is 0 Å². The molecule has 0 atom stereocenters. The van der Waals surface area contributed by atoms with Gasteiger partial charge in [-0.25, -0.2) is 4.98 Å². The van der Waals surface area contributed by atoms with E-state index < -0.39 is 11.1 Å². The molecule has 0 radical (unpaired) electrons. The number of piperidine rings is 1. The second-order valence-electron chi connectivity index (χ2n) is 6.44. The molecule has 7 heteroatoms. The summed E-state index contributed by atoms with van der Waals surface area (Å²) in [6, 6.07) is 1.99. The van der Waals surface area contributed by atoms with E-state index >= 15 is 0 Å². The Balaban J connectivity index is 2.23. The van der Waals surface area contributed by atoms with Crippen molar-refractivity contribution < 1.29 is 0 Å². The van der Waals surface area contributed by atoms with Crippen molar-refractivity contribution >= 4 is 11.2 Å². The molecule has 2 aromatic rings. The largest absolute Gasteiger partial charge is 0.318 e. The lowest BCUT2D eigenvalue weighted by atomic mass is 10.1. The van der Waals surface area contributed by atoms with Gasteiger partial charge in [0.25, 0.3) is 0 Å². The van der Waals surface area contributed by atoms with Crippen LogP contribution in [0.15, 0.2) is 21.9 Å². The molecule has 1 N–H and O–H groups in total. The molecule has 7 nitrogen and oxygen atoms in total. The fraction of sp³-hybridized carbons (Fsp3) is 0.562. The van der Waals surface area contributed by atoms with Crippen molar-refractivity contribution in [2.45, 2.75) is 25.4 Å². The molecule has 0 aromatic carbocycles. The van der Waals surface area contributed by atoms with Crippen LogP contribution in [-0.2, 0) is 13.6 Å². The minimum atomic E-state index is -0.486. The van der Waals surface area contributed by atoms with Gasteiger partial charge < -0.3 is 14.8 Å². The Morgan fingerprint density at radius 3 is 2.61 bits per heavy atom. The van der Waals surface area contributed by atoms with E-state index in [0.29, 0.717) is 11.2 Å². The molecule has 2 aromatic heterocycles. The van der Waals surface area contributed by atoms with Crippen LogP contribution in [0.3, 0.4) is 0 Å².